The van der Waals surface area contributed by atoms with Crippen LogP contribution in [0.3, 0.4) is 0 Å². The Labute approximate surface area is 109 Å². The lowest BCUT2D eigenvalue weighted by molar-refractivity contribution is 0.435. The standard InChI is InChI=1S/C14H25N3O/c1-5-10-17-11-12(6-7-13(17)18)15-8-9-16-14(2,3)4/h6-7,11,15-16H,5,8-10H2,1-4H3. The highest BCUT2D eigenvalue weighted by atomic mass is 16.1. The van der Waals surface area contributed by atoms with Crippen LogP contribution < -0.4 is 16.2 Å². The molecule has 2 N–H and O–H groups in total. The first-order valence-corrected chi connectivity index (χ1v) is 6.62. The summed E-state index contributed by atoms with van der Waals surface area (Å²) in [6.45, 7) is 11.0. The van der Waals surface area contributed by atoms with Gasteiger partial charge >= 0.3 is 0 Å². The summed E-state index contributed by atoms with van der Waals surface area (Å²) >= 11 is 0. The van der Waals surface area contributed by atoms with Crippen LogP contribution in [-0.4, -0.2) is 23.2 Å². The molecule has 4 nitrogen and oxygen atoms in total. The van der Waals surface area contributed by atoms with Crippen LogP contribution in [0.25, 0.3) is 0 Å². The first-order valence-electron chi connectivity index (χ1n) is 6.62. The van der Waals surface area contributed by atoms with Crippen molar-refractivity contribution in [1.82, 2.24) is 9.88 Å². The van der Waals surface area contributed by atoms with Crippen LogP contribution in [-0.2, 0) is 6.54 Å². The van der Waals surface area contributed by atoms with Gasteiger partial charge in [-0.2, -0.15) is 0 Å². The van der Waals surface area contributed by atoms with Gasteiger partial charge in [0.1, 0.15) is 0 Å². The first-order chi connectivity index (χ1) is 8.42. The van der Waals surface area contributed by atoms with Crippen molar-refractivity contribution >= 4 is 5.69 Å². The van der Waals surface area contributed by atoms with Gasteiger partial charge in [-0.3, -0.25) is 4.79 Å². The van der Waals surface area contributed by atoms with E-state index in [1.54, 1.807) is 10.6 Å². The Balaban J connectivity index is 2.48. The van der Waals surface area contributed by atoms with E-state index in [0.717, 1.165) is 31.7 Å². The molecule has 1 heterocycles. The minimum atomic E-state index is 0.0650. The number of rotatable bonds is 6. The molecule has 1 aromatic rings. The molecule has 18 heavy (non-hydrogen) atoms. The highest BCUT2D eigenvalue weighted by Gasteiger charge is 2.07. The molecule has 0 amide bonds. The van der Waals surface area contributed by atoms with E-state index in [-0.39, 0.29) is 11.1 Å². The highest BCUT2D eigenvalue weighted by Crippen LogP contribution is 2.03. The molecule has 0 saturated carbocycles. The van der Waals surface area contributed by atoms with Gasteiger partial charge in [-0.05, 0) is 33.3 Å². The van der Waals surface area contributed by atoms with Gasteiger partial charge in [-0.1, -0.05) is 6.92 Å². The summed E-state index contributed by atoms with van der Waals surface area (Å²) in [6.07, 6.45) is 2.86. The van der Waals surface area contributed by atoms with Crippen molar-refractivity contribution in [3.05, 3.63) is 28.7 Å². The van der Waals surface area contributed by atoms with E-state index < -0.39 is 0 Å². The summed E-state index contributed by atoms with van der Waals surface area (Å²) in [5.74, 6) is 0. The number of hydrogen-bond donors (Lipinski definition) is 2. The second kappa shape index (κ2) is 6.59. The third-order valence-corrected chi connectivity index (χ3v) is 2.56. The maximum atomic E-state index is 11.5. The molecule has 0 aromatic carbocycles. The van der Waals surface area contributed by atoms with Gasteiger partial charge in [0, 0.05) is 37.4 Å². The largest absolute Gasteiger partial charge is 0.383 e. The van der Waals surface area contributed by atoms with Crippen LogP contribution in [0.2, 0.25) is 0 Å². The Morgan fingerprint density at radius 2 is 1.94 bits per heavy atom. The Morgan fingerprint density at radius 3 is 2.56 bits per heavy atom. The molecule has 0 radical (unpaired) electrons. The summed E-state index contributed by atoms with van der Waals surface area (Å²) in [6, 6.07) is 3.46. The molecule has 0 unspecified atom stereocenters. The van der Waals surface area contributed by atoms with Crippen LogP contribution in [0.5, 0.6) is 0 Å². The third-order valence-electron chi connectivity index (χ3n) is 2.56. The van der Waals surface area contributed by atoms with Crippen molar-refractivity contribution < 1.29 is 0 Å². The molecule has 102 valence electrons. The number of nitrogens with one attached hydrogen (secondary N) is 2. The van der Waals surface area contributed by atoms with Crippen molar-refractivity contribution in [2.24, 2.45) is 0 Å². The minimum absolute atomic E-state index is 0.0650. The summed E-state index contributed by atoms with van der Waals surface area (Å²) in [7, 11) is 0. The number of aromatic nitrogens is 1. The van der Waals surface area contributed by atoms with Gasteiger partial charge in [-0.25, -0.2) is 0 Å². The van der Waals surface area contributed by atoms with Crippen molar-refractivity contribution in [3.8, 4) is 0 Å². The molecular weight excluding hydrogens is 226 g/mol. The third kappa shape index (κ3) is 5.36. The monoisotopic (exact) mass is 251 g/mol. The van der Waals surface area contributed by atoms with Crippen molar-refractivity contribution in [2.75, 3.05) is 18.4 Å². The molecule has 0 aliphatic rings. The molecule has 1 rings (SSSR count). The summed E-state index contributed by atoms with van der Waals surface area (Å²) in [5.41, 5.74) is 1.21. The zero-order chi connectivity index (χ0) is 13.6. The minimum Gasteiger partial charge on any atom is -0.383 e. The average molecular weight is 251 g/mol. The summed E-state index contributed by atoms with van der Waals surface area (Å²) < 4.78 is 1.75. The topological polar surface area (TPSA) is 46.1 Å². The Morgan fingerprint density at radius 1 is 1.22 bits per heavy atom. The lowest BCUT2D eigenvalue weighted by Gasteiger charge is -2.20. The van der Waals surface area contributed by atoms with E-state index in [2.05, 4.69) is 38.3 Å². The Hall–Kier alpha value is -1.29. The van der Waals surface area contributed by atoms with Crippen LogP contribution in [0.15, 0.2) is 23.1 Å². The summed E-state index contributed by atoms with van der Waals surface area (Å²) in [4.78, 5) is 11.5. The molecule has 0 saturated heterocycles. The number of nitrogens with zero attached hydrogens (tertiary/aromatic N) is 1. The molecule has 0 bridgehead atoms. The molecule has 0 spiro atoms. The van der Waals surface area contributed by atoms with Gasteiger partial charge in [0.25, 0.3) is 5.56 Å². The fourth-order valence-electron chi connectivity index (χ4n) is 1.70. The van der Waals surface area contributed by atoms with E-state index in [4.69, 9.17) is 0 Å². The van der Waals surface area contributed by atoms with Crippen LogP contribution in [0, 0.1) is 0 Å². The lowest BCUT2D eigenvalue weighted by Crippen LogP contribution is -2.38. The lowest BCUT2D eigenvalue weighted by atomic mass is 10.1. The fourth-order valence-corrected chi connectivity index (χ4v) is 1.70. The molecule has 0 atom stereocenters. The number of hydrogen-bond acceptors (Lipinski definition) is 3. The van der Waals surface area contributed by atoms with Gasteiger partial charge in [0.15, 0.2) is 0 Å². The van der Waals surface area contributed by atoms with Crippen molar-refractivity contribution in [3.63, 3.8) is 0 Å². The molecule has 0 aliphatic heterocycles. The quantitative estimate of drug-likeness (QED) is 0.761. The molecule has 4 heteroatoms. The van der Waals surface area contributed by atoms with Crippen molar-refractivity contribution in [1.29, 1.82) is 0 Å². The fraction of sp³-hybridized carbons (Fsp3) is 0.643. The number of anilines is 1. The maximum absolute atomic E-state index is 11.5. The Kier molecular flexibility index (Phi) is 5.41. The van der Waals surface area contributed by atoms with Crippen molar-refractivity contribution in [2.45, 2.75) is 46.2 Å². The predicted octanol–water partition coefficient (Wildman–Crippen LogP) is 2.06. The molecule has 1 aromatic heterocycles. The second-order valence-electron chi connectivity index (χ2n) is 5.55. The number of aryl methyl sites for hydroxylation is 1. The molecular formula is C14H25N3O. The predicted molar refractivity (Wildman–Crippen MR) is 77.2 cm³/mol. The zero-order valence-electron chi connectivity index (χ0n) is 11.9. The zero-order valence-corrected chi connectivity index (χ0v) is 11.9. The Bertz CT molecular complexity index is 418. The maximum Gasteiger partial charge on any atom is 0.250 e. The van der Waals surface area contributed by atoms with E-state index in [0.29, 0.717) is 0 Å². The van der Waals surface area contributed by atoms with E-state index in [9.17, 15) is 4.79 Å². The molecule has 0 aliphatic carbocycles. The highest BCUT2D eigenvalue weighted by molar-refractivity contribution is 5.40. The van der Waals surface area contributed by atoms with Gasteiger partial charge < -0.3 is 15.2 Å². The van der Waals surface area contributed by atoms with Crippen LogP contribution in [0.1, 0.15) is 34.1 Å². The number of pyridine rings is 1. The smallest absolute Gasteiger partial charge is 0.250 e. The second-order valence-corrected chi connectivity index (χ2v) is 5.55. The van der Waals surface area contributed by atoms with Gasteiger partial charge in [0.2, 0.25) is 0 Å². The van der Waals surface area contributed by atoms with Crippen LogP contribution in [0.4, 0.5) is 5.69 Å². The SMILES string of the molecule is CCCn1cc(NCCNC(C)(C)C)ccc1=O. The van der Waals surface area contributed by atoms with E-state index >= 15 is 0 Å². The van der Waals surface area contributed by atoms with Crippen LogP contribution >= 0.6 is 0 Å². The van der Waals surface area contributed by atoms with Gasteiger partial charge in [0.05, 0.1) is 5.69 Å². The van der Waals surface area contributed by atoms with E-state index in [1.807, 2.05) is 12.3 Å². The average Bonchev–Trinajstić information content (AvgIpc) is 2.28. The summed E-state index contributed by atoms with van der Waals surface area (Å²) in [5, 5.41) is 6.73. The van der Waals surface area contributed by atoms with E-state index in [1.165, 1.54) is 0 Å². The van der Waals surface area contributed by atoms with Gasteiger partial charge in [-0.15, -0.1) is 0 Å². The molecule has 0 fully saturated rings. The first kappa shape index (κ1) is 14.8. The normalized spacial score (nSPS) is 11.6.